The maximum absolute atomic E-state index is 12.5. The normalized spacial score (nSPS) is 15.3. The number of rotatable bonds is 2. The van der Waals surface area contributed by atoms with Crippen LogP contribution in [0.2, 0.25) is 0 Å². The van der Waals surface area contributed by atoms with E-state index in [1.165, 1.54) is 17.8 Å². The molecule has 2 aromatic rings. The van der Waals surface area contributed by atoms with Gasteiger partial charge in [-0.3, -0.25) is 9.78 Å². The minimum Gasteiger partial charge on any atom is -0.338 e. The van der Waals surface area contributed by atoms with E-state index in [1.54, 1.807) is 12.4 Å². The Balaban J connectivity index is 1.87. The predicted octanol–water partition coefficient (Wildman–Crippen LogP) is 3.14. The van der Waals surface area contributed by atoms with E-state index in [9.17, 15) is 4.79 Å². The van der Waals surface area contributed by atoms with Crippen LogP contribution in [-0.2, 0) is 0 Å². The Labute approximate surface area is 122 Å². The Morgan fingerprint density at radius 1 is 1.30 bits per heavy atom. The molecule has 1 fully saturated rings. The largest absolute Gasteiger partial charge is 0.338 e. The number of carbonyl (C=O) groups is 1. The molecule has 3 rings (SSSR count). The van der Waals surface area contributed by atoms with Crippen LogP contribution in [0.1, 0.15) is 34.6 Å². The molecule has 4 nitrogen and oxygen atoms in total. The zero-order valence-electron chi connectivity index (χ0n) is 11.5. The molecule has 0 bridgehead atoms. The van der Waals surface area contributed by atoms with Gasteiger partial charge in [0.15, 0.2) is 0 Å². The van der Waals surface area contributed by atoms with Gasteiger partial charge in [-0.1, -0.05) is 0 Å². The first-order valence-corrected chi connectivity index (χ1v) is 7.74. The molecule has 0 N–H and O–H groups in total. The van der Waals surface area contributed by atoms with E-state index < -0.39 is 0 Å². The van der Waals surface area contributed by atoms with E-state index in [1.807, 2.05) is 24.0 Å². The van der Waals surface area contributed by atoms with Crippen LogP contribution < -0.4 is 0 Å². The molecule has 1 aliphatic rings. The molecule has 0 unspecified atom stereocenters. The number of pyridine rings is 1. The first-order chi connectivity index (χ1) is 9.75. The molecule has 0 aliphatic carbocycles. The van der Waals surface area contributed by atoms with Crippen molar-refractivity contribution in [2.24, 2.45) is 0 Å². The second-order valence-corrected chi connectivity index (χ2v) is 6.03. The highest BCUT2D eigenvalue weighted by Crippen LogP contribution is 2.28. The lowest BCUT2D eigenvalue weighted by Crippen LogP contribution is -2.35. The fraction of sp³-hybridized carbons (Fsp3) is 0.400. The molecule has 3 heterocycles. The van der Waals surface area contributed by atoms with Gasteiger partial charge in [0, 0.05) is 31.0 Å². The van der Waals surface area contributed by atoms with Crippen molar-refractivity contribution in [2.45, 2.75) is 26.2 Å². The molecule has 1 saturated heterocycles. The van der Waals surface area contributed by atoms with Gasteiger partial charge in [-0.25, -0.2) is 4.98 Å². The third-order valence-electron chi connectivity index (χ3n) is 3.54. The Morgan fingerprint density at radius 2 is 2.10 bits per heavy atom. The number of hydrogen-bond donors (Lipinski definition) is 0. The second-order valence-electron chi connectivity index (χ2n) is 5.03. The summed E-state index contributed by atoms with van der Waals surface area (Å²) in [6.07, 6.45) is 6.97. The number of aromatic nitrogens is 2. The average Bonchev–Trinajstić information content (AvgIpc) is 2.90. The number of piperidine rings is 1. The quantitative estimate of drug-likeness (QED) is 0.852. The zero-order valence-corrected chi connectivity index (χ0v) is 12.3. The Hall–Kier alpha value is -1.75. The van der Waals surface area contributed by atoms with Gasteiger partial charge < -0.3 is 4.90 Å². The Morgan fingerprint density at radius 3 is 2.80 bits per heavy atom. The molecule has 0 spiro atoms. The third kappa shape index (κ3) is 2.58. The molecule has 0 aromatic carbocycles. The summed E-state index contributed by atoms with van der Waals surface area (Å²) >= 11 is 1.47. The molecule has 1 amide bonds. The summed E-state index contributed by atoms with van der Waals surface area (Å²) in [7, 11) is 0. The molecule has 0 atom stereocenters. The first kappa shape index (κ1) is 13.2. The third-order valence-corrected chi connectivity index (χ3v) is 4.74. The van der Waals surface area contributed by atoms with Crippen LogP contribution in [0.15, 0.2) is 24.5 Å². The standard InChI is InChI=1S/C15H17N3OS/c1-11-13(15(19)18-8-3-2-4-9-18)20-14(17-11)12-6-5-7-16-10-12/h5-7,10H,2-4,8-9H2,1H3. The molecule has 1 aliphatic heterocycles. The van der Waals surface area contributed by atoms with Crippen molar-refractivity contribution in [3.63, 3.8) is 0 Å². The predicted molar refractivity (Wildman–Crippen MR) is 79.8 cm³/mol. The smallest absolute Gasteiger partial charge is 0.265 e. The van der Waals surface area contributed by atoms with E-state index in [0.717, 1.165) is 47.1 Å². The van der Waals surface area contributed by atoms with Gasteiger partial charge in [0.25, 0.3) is 5.91 Å². The zero-order chi connectivity index (χ0) is 13.9. The van der Waals surface area contributed by atoms with Gasteiger partial charge in [0.05, 0.1) is 5.69 Å². The van der Waals surface area contributed by atoms with Gasteiger partial charge in [0.2, 0.25) is 0 Å². The maximum atomic E-state index is 12.5. The van der Waals surface area contributed by atoms with Gasteiger partial charge in [0.1, 0.15) is 9.88 Å². The van der Waals surface area contributed by atoms with Gasteiger partial charge in [-0.2, -0.15) is 0 Å². The van der Waals surface area contributed by atoms with Crippen LogP contribution in [-0.4, -0.2) is 33.9 Å². The molecular weight excluding hydrogens is 270 g/mol. The minimum absolute atomic E-state index is 0.134. The SMILES string of the molecule is Cc1nc(-c2cccnc2)sc1C(=O)N1CCCCC1. The van der Waals surface area contributed by atoms with Gasteiger partial charge in [-0.05, 0) is 38.3 Å². The van der Waals surface area contributed by atoms with Crippen molar-refractivity contribution in [1.82, 2.24) is 14.9 Å². The highest BCUT2D eigenvalue weighted by molar-refractivity contribution is 7.17. The van der Waals surface area contributed by atoms with E-state index in [2.05, 4.69) is 9.97 Å². The van der Waals surface area contributed by atoms with Crippen LogP contribution in [0.5, 0.6) is 0 Å². The van der Waals surface area contributed by atoms with E-state index in [-0.39, 0.29) is 5.91 Å². The summed E-state index contributed by atoms with van der Waals surface area (Å²) in [5, 5.41) is 0.871. The summed E-state index contributed by atoms with van der Waals surface area (Å²) in [4.78, 5) is 23.9. The summed E-state index contributed by atoms with van der Waals surface area (Å²) in [6, 6.07) is 3.86. The summed E-state index contributed by atoms with van der Waals surface area (Å²) in [6.45, 7) is 3.66. The van der Waals surface area contributed by atoms with Gasteiger partial charge in [-0.15, -0.1) is 11.3 Å². The fourth-order valence-electron chi connectivity index (χ4n) is 2.45. The number of amides is 1. The van der Waals surface area contributed by atoms with Crippen LogP contribution in [0, 0.1) is 6.92 Å². The van der Waals surface area contributed by atoms with E-state index in [0.29, 0.717) is 0 Å². The van der Waals surface area contributed by atoms with Crippen molar-refractivity contribution >= 4 is 17.2 Å². The minimum atomic E-state index is 0.134. The molecular formula is C15H17N3OS. The number of likely N-dealkylation sites (tertiary alicyclic amines) is 1. The lowest BCUT2D eigenvalue weighted by Gasteiger charge is -2.26. The summed E-state index contributed by atoms with van der Waals surface area (Å²) < 4.78 is 0. The van der Waals surface area contributed by atoms with Crippen molar-refractivity contribution in [2.75, 3.05) is 13.1 Å². The number of thiazole rings is 1. The monoisotopic (exact) mass is 287 g/mol. The highest BCUT2D eigenvalue weighted by Gasteiger charge is 2.23. The van der Waals surface area contributed by atoms with E-state index >= 15 is 0 Å². The Kier molecular flexibility index (Phi) is 3.78. The molecule has 5 heteroatoms. The molecule has 2 aromatic heterocycles. The van der Waals surface area contributed by atoms with Crippen LogP contribution in [0.25, 0.3) is 10.6 Å². The summed E-state index contributed by atoms with van der Waals surface area (Å²) in [5.41, 5.74) is 1.79. The molecule has 0 saturated carbocycles. The molecule has 104 valence electrons. The second kappa shape index (κ2) is 5.71. The van der Waals surface area contributed by atoms with Crippen molar-refractivity contribution in [3.05, 3.63) is 35.1 Å². The van der Waals surface area contributed by atoms with E-state index in [4.69, 9.17) is 0 Å². The lowest BCUT2D eigenvalue weighted by molar-refractivity contribution is 0.0728. The topological polar surface area (TPSA) is 46.1 Å². The van der Waals surface area contributed by atoms with Crippen LogP contribution in [0.4, 0.5) is 0 Å². The maximum Gasteiger partial charge on any atom is 0.265 e. The Bertz CT molecular complexity index is 603. The lowest BCUT2D eigenvalue weighted by atomic mass is 10.1. The molecule has 0 radical (unpaired) electrons. The fourth-order valence-corrected chi connectivity index (χ4v) is 3.47. The van der Waals surface area contributed by atoms with Crippen molar-refractivity contribution < 1.29 is 4.79 Å². The molecule has 20 heavy (non-hydrogen) atoms. The van der Waals surface area contributed by atoms with Crippen molar-refractivity contribution in [1.29, 1.82) is 0 Å². The highest BCUT2D eigenvalue weighted by atomic mass is 32.1. The van der Waals surface area contributed by atoms with Gasteiger partial charge >= 0.3 is 0 Å². The van der Waals surface area contributed by atoms with Crippen LogP contribution >= 0.6 is 11.3 Å². The van der Waals surface area contributed by atoms with Crippen molar-refractivity contribution in [3.8, 4) is 10.6 Å². The summed E-state index contributed by atoms with van der Waals surface area (Å²) in [5.74, 6) is 0.134. The average molecular weight is 287 g/mol. The number of hydrogen-bond acceptors (Lipinski definition) is 4. The number of aryl methyl sites for hydroxylation is 1. The first-order valence-electron chi connectivity index (χ1n) is 6.93. The number of carbonyl (C=O) groups excluding carboxylic acids is 1. The van der Waals surface area contributed by atoms with Crippen LogP contribution in [0.3, 0.4) is 0 Å². The number of nitrogens with zero attached hydrogens (tertiary/aromatic N) is 3.